The van der Waals surface area contributed by atoms with Crippen LogP contribution in [0.15, 0.2) is 0 Å². The van der Waals surface area contributed by atoms with Crippen LogP contribution in [-0.4, -0.2) is 29.2 Å². The number of rotatable bonds is 7. The lowest BCUT2D eigenvalue weighted by atomic mass is 10.1. The largest absolute Gasteiger partial charge is 0.382 e. The summed E-state index contributed by atoms with van der Waals surface area (Å²) in [6, 6.07) is 0. The predicted octanol–water partition coefficient (Wildman–Crippen LogP) is 1.86. The Balaban J connectivity index is 3.07. The van der Waals surface area contributed by atoms with Gasteiger partial charge in [0.25, 0.3) is 0 Å². The maximum atomic E-state index is 5.51. The van der Waals surface area contributed by atoms with Gasteiger partial charge < -0.3 is 15.5 Å². The quantitative estimate of drug-likeness (QED) is 0.516. The van der Waals surface area contributed by atoms with Crippen LogP contribution in [0.2, 0.25) is 0 Å². The molecule has 0 atom stereocenters. The molecule has 1 aromatic heterocycles. The summed E-state index contributed by atoms with van der Waals surface area (Å²) in [4.78, 5) is 8.96. The third kappa shape index (κ3) is 4.33. The molecule has 0 fully saturated rings. The van der Waals surface area contributed by atoms with Crippen molar-refractivity contribution in [3.8, 4) is 0 Å². The minimum Gasteiger partial charge on any atom is -0.382 e. The van der Waals surface area contributed by atoms with Gasteiger partial charge in [-0.25, -0.2) is 15.8 Å². The van der Waals surface area contributed by atoms with E-state index in [1.54, 1.807) is 7.11 Å². The molecule has 4 N–H and O–H groups in total. The molecule has 1 heterocycles. The van der Waals surface area contributed by atoms with Crippen molar-refractivity contribution in [2.45, 2.75) is 46.1 Å². The van der Waals surface area contributed by atoms with E-state index in [1.807, 2.05) is 6.92 Å². The molecule has 19 heavy (non-hydrogen) atoms. The fourth-order valence-electron chi connectivity index (χ4n) is 1.88. The number of anilines is 2. The highest BCUT2D eigenvalue weighted by Crippen LogP contribution is 2.23. The molecule has 0 unspecified atom stereocenters. The number of hydrazine groups is 1. The van der Waals surface area contributed by atoms with Gasteiger partial charge in [-0.3, -0.25) is 0 Å². The highest BCUT2D eigenvalue weighted by molar-refractivity contribution is 5.57. The molecule has 0 aliphatic carbocycles. The fraction of sp³-hybridized carbons (Fsp3) is 0.692. The second kappa shape index (κ2) is 6.68. The first-order chi connectivity index (χ1) is 8.93. The Bertz CT molecular complexity index is 420. The standard InChI is InChI=1S/C13H25N5O/c1-6-7-10-15-11(9(2)12(16-10)18-14)17-13(3,4)8-19-5/h6-8,14H2,1-5H3,(H2,15,16,17,18). The van der Waals surface area contributed by atoms with Crippen LogP contribution in [0, 0.1) is 6.92 Å². The molecule has 0 aliphatic rings. The topological polar surface area (TPSA) is 85.1 Å². The van der Waals surface area contributed by atoms with Crippen LogP contribution in [0.1, 0.15) is 38.6 Å². The van der Waals surface area contributed by atoms with Crippen molar-refractivity contribution in [1.82, 2.24) is 9.97 Å². The van der Waals surface area contributed by atoms with Gasteiger partial charge in [0.15, 0.2) is 0 Å². The molecule has 0 spiro atoms. The lowest BCUT2D eigenvalue weighted by Crippen LogP contribution is -2.36. The fourth-order valence-corrected chi connectivity index (χ4v) is 1.88. The number of aryl methyl sites for hydroxylation is 1. The van der Waals surface area contributed by atoms with E-state index in [4.69, 9.17) is 10.6 Å². The molecule has 6 heteroatoms. The molecule has 0 radical (unpaired) electrons. The van der Waals surface area contributed by atoms with Gasteiger partial charge in [-0.2, -0.15) is 0 Å². The normalized spacial score (nSPS) is 11.5. The average molecular weight is 267 g/mol. The van der Waals surface area contributed by atoms with Crippen LogP contribution in [-0.2, 0) is 11.2 Å². The van der Waals surface area contributed by atoms with Crippen molar-refractivity contribution < 1.29 is 4.74 Å². The second-order valence-electron chi connectivity index (χ2n) is 5.30. The summed E-state index contributed by atoms with van der Waals surface area (Å²) in [5, 5.41) is 3.39. The Morgan fingerprint density at radius 3 is 2.42 bits per heavy atom. The summed E-state index contributed by atoms with van der Waals surface area (Å²) in [6.07, 6.45) is 1.82. The SMILES string of the molecule is CCCc1nc(NN)c(C)c(NC(C)(C)COC)n1. The number of nitrogen functional groups attached to an aromatic ring is 1. The van der Waals surface area contributed by atoms with E-state index < -0.39 is 0 Å². The smallest absolute Gasteiger partial charge is 0.148 e. The molecule has 6 nitrogen and oxygen atoms in total. The van der Waals surface area contributed by atoms with Gasteiger partial charge in [-0.1, -0.05) is 6.92 Å². The number of nitrogens with zero attached hydrogens (tertiary/aromatic N) is 2. The first-order valence-electron chi connectivity index (χ1n) is 6.54. The molecule has 1 aromatic rings. The van der Waals surface area contributed by atoms with Crippen LogP contribution in [0.3, 0.4) is 0 Å². The molecule has 0 amide bonds. The van der Waals surface area contributed by atoms with Crippen LogP contribution in [0.5, 0.6) is 0 Å². The summed E-state index contributed by atoms with van der Waals surface area (Å²) in [6.45, 7) is 8.75. The van der Waals surface area contributed by atoms with Gasteiger partial charge in [0.1, 0.15) is 17.5 Å². The molecular formula is C13H25N5O. The number of nitrogens with two attached hydrogens (primary N) is 1. The lowest BCUT2D eigenvalue weighted by molar-refractivity contribution is 0.158. The van der Waals surface area contributed by atoms with E-state index in [9.17, 15) is 0 Å². The second-order valence-corrected chi connectivity index (χ2v) is 5.30. The zero-order valence-corrected chi connectivity index (χ0v) is 12.5. The number of ether oxygens (including phenoxy) is 1. The van der Waals surface area contributed by atoms with Gasteiger partial charge in [0.2, 0.25) is 0 Å². The van der Waals surface area contributed by atoms with Crippen molar-refractivity contribution >= 4 is 11.6 Å². The maximum Gasteiger partial charge on any atom is 0.148 e. The molecule has 1 rings (SSSR count). The van der Waals surface area contributed by atoms with Crippen molar-refractivity contribution in [1.29, 1.82) is 0 Å². The number of methoxy groups -OCH3 is 1. The Hall–Kier alpha value is -1.40. The molecule has 108 valence electrons. The Morgan fingerprint density at radius 2 is 1.89 bits per heavy atom. The number of hydrogen-bond donors (Lipinski definition) is 3. The average Bonchev–Trinajstić information content (AvgIpc) is 2.33. The minimum atomic E-state index is -0.205. The van der Waals surface area contributed by atoms with E-state index in [1.165, 1.54) is 0 Å². The van der Waals surface area contributed by atoms with Crippen molar-refractivity contribution in [3.05, 3.63) is 11.4 Å². The predicted molar refractivity (Wildman–Crippen MR) is 78.2 cm³/mol. The van der Waals surface area contributed by atoms with E-state index in [0.29, 0.717) is 12.4 Å². The molecular weight excluding hydrogens is 242 g/mol. The first kappa shape index (κ1) is 15.7. The zero-order valence-electron chi connectivity index (χ0n) is 12.5. The molecule has 0 bridgehead atoms. The molecule has 0 aliphatic heterocycles. The van der Waals surface area contributed by atoms with Crippen molar-refractivity contribution in [3.63, 3.8) is 0 Å². The van der Waals surface area contributed by atoms with Crippen LogP contribution in [0.25, 0.3) is 0 Å². The summed E-state index contributed by atoms with van der Waals surface area (Å²) < 4.78 is 5.21. The highest BCUT2D eigenvalue weighted by Gasteiger charge is 2.20. The van der Waals surface area contributed by atoms with Crippen LogP contribution >= 0.6 is 0 Å². The van der Waals surface area contributed by atoms with E-state index >= 15 is 0 Å². The number of nitrogens with one attached hydrogen (secondary N) is 2. The summed E-state index contributed by atoms with van der Waals surface area (Å²) in [7, 11) is 1.69. The lowest BCUT2D eigenvalue weighted by Gasteiger charge is -2.27. The Kier molecular flexibility index (Phi) is 5.50. The number of aromatic nitrogens is 2. The molecule has 0 saturated heterocycles. The van der Waals surface area contributed by atoms with Crippen molar-refractivity contribution in [2.75, 3.05) is 24.5 Å². The van der Waals surface area contributed by atoms with E-state index in [-0.39, 0.29) is 5.54 Å². The van der Waals surface area contributed by atoms with Crippen molar-refractivity contribution in [2.24, 2.45) is 5.84 Å². The van der Waals surface area contributed by atoms with Crippen LogP contribution < -0.4 is 16.6 Å². The Morgan fingerprint density at radius 1 is 1.26 bits per heavy atom. The van der Waals surface area contributed by atoms with Gasteiger partial charge >= 0.3 is 0 Å². The monoisotopic (exact) mass is 267 g/mol. The van der Waals surface area contributed by atoms with Gasteiger partial charge in [0, 0.05) is 19.1 Å². The minimum absolute atomic E-state index is 0.205. The van der Waals surface area contributed by atoms with Crippen LogP contribution in [0.4, 0.5) is 11.6 Å². The zero-order chi connectivity index (χ0) is 14.5. The van der Waals surface area contributed by atoms with Gasteiger partial charge in [-0.15, -0.1) is 0 Å². The third-order valence-corrected chi connectivity index (χ3v) is 2.76. The first-order valence-corrected chi connectivity index (χ1v) is 6.54. The highest BCUT2D eigenvalue weighted by atomic mass is 16.5. The van der Waals surface area contributed by atoms with Gasteiger partial charge in [0.05, 0.1) is 12.1 Å². The number of hydrogen-bond acceptors (Lipinski definition) is 6. The van der Waals surface area contributed by atoms with E-state index in [0.717, 1.165) is 30.0 Å². The third-order valence-electron chi connectivity index (χ3n) is 2.76. The summed E-state index contributed by atoms with van der Waals surface area (Å²) in [5.74, 6) is 7.76. The van der Waals surface area contributed by atoms with E-state index in [2.05, 4.69) is 41.5 Å². The molecule has 0 aromatic carbocycles. The summed E-state index contributed by atoms with van der Waals surface area (Å²) >= 11 is 0. The molecule has 0 saturated carbocycles. The maximum absolute atomic E-state index is 5.51. The Labute approximate surface area is 115 Å². The summed E-state index contributed by atoms with van der Waals surface area (Å²) in [5.41, 5.74) is 3.33. The van der Waals surface area contributed by atoms with Gasteiger partial charge in [-0.05, 0) is 27.2 Å².